The molecule has 3 nitrogen and oxygen atoms in total. The van der Waals surface area contributed by atoms with E-state index in [0.717, 1.165) is 38.2 Å². The van der Waals surface area contributed by atoms with E-state index in [4.69, 9.17) is 0 Å². The van der Waals surface area contributed by atoms with Crippen LogP contribution in [0.5, 0.6) is 0 Å². The Morgan fingerprint density at radius 2 is 2.00 bits per heavy atom. The molecule has 0 aliphatic rings. The molecule has 0 fully saturated rings. The van der Waals surface area contributed by atoms with Gasteiger partial charge in [-0.25, -0.2) is 9.97 Å². The second-order valence-electron chi connectivity index (χ2n) is 4.12. The SMILES string of the molecule is CCc1nc(Cc2ccccc2Br)nc(NC)c1I. The highest BCUT2D eigenvalue weighted by Gasteiger charge is 2.11. The van der Waals surface area contributed by atoms with Crippen molar-refractivity contribution in [3.05, 3.63) is 49.4 Å². The molecule has 2 aromatic rings. The van der Waals surface area contributed by atoms with Gasteiger partial charge in [0.1, 0.15) is 11.6 Å². The van der Waals surface area contributed by atoms with Crippen molar-refractivity contribution >= 4 is 44.3 Å². The van der Waals surface area contributed by atoms with Crippen molar-refractivity contribution in [3.8, 4) is 0 Å². The van der Waals surface area contributed by atoms with E-state index < -0.39 is 0 Å². The molecule has 1 aromatic heterocycles. The van der Waals surface area contributed by atoms with Crippen LogP contribution in [0.2, 0.25) is 0 Å². The number of aromatic nitrogens is 2. The molecule has 0 saturated carbocycles. The van der Waals surface area contributed by atoms with E-state index in [2.05, 4.69) is 66.8 Å². The average Bonchev–Trinajstić information content (AvgIpc) is 2.43. The molecule has 100 valence electrons. The Balaban J connectivity index is 2.38. The fraction of sp³-hybridized carbons (Fsp3) is 0.286. The lowest BCUT2D eigenvalue weighted by molar-refractivity contribution is 0.896. The second kappa shape index (κ2) is 6.65. The monoisotopic (exact) mass is 431 g/mol. The molecule has 1 N–H and O–H groups in total. The van der Waals surface area contributed by atoms with Crippen LogP contribution in [0.3, 0.4) is 0 Å². The van der Waals surface area contributed by atoms with Crippen LogP contribution in [0.4, 0.5) is 5.82 Å². The highest BCUT2D eigenvalue weighted by atomic mass is 127. The van der Waals surface area contributed by atoms with Gasteiger partial charge in [-0.3, -0.25) is 0 Å². The highest BCUT2D eigenvalue weighted by Crippen LogP contribution is 2.22. The lowest BCUT2D eigenvalue weighted by atomic mass is 10.1. The van der Waals surface area contributed by atoms with E-state index in [-0.39, 0.29) is 0 Å². The number of benzene rings is 1. The lowest BCUT2D eigenvalue weighted by Crippen LogP contribution is -2.07. The predicted octanol–water partition coefficient (Wildman–Crippen LogP) is 4.04. The summed E-state index contributed by atoms with van der Waals surface area (Å²) < 4.78 is 2.21. The summed E-state index contributed by atoms with van der Waals surface area (Å²) in [5.74, 6) is 1.77. The number of halogens is 2. The first-order chi connectivity index (χ1) is 9.15. The molecule has 0 saturated heterocycles. The van der Waals surface area contributed by atoms with Crippen molar-refractivity contribution in [2.24, 2.45) is 0 Å². The number of anilines is 1. The Kier molecular flexibility index (Phi) is 5.15. The number of rotatable bonds is 4. The van der Waals surface area contributed by atoms with Gasteiger partial charge in [0.05, 0.1) is 9.26 Å². The van der Waals surface area contributed by atoms with Crippen LogP contribution in [0, 0.1) is 3.57 Å². The maximum atomic E-state index is 4.66. The number of aryl methyl sites for hydroxylation is 1. The van der Waals surface area contributed by atoms with Gasteiger partial charge in [0.15, 0.2) is 0 Å². The standard InChI is InChI=1S/C14H15BrIN3/c1-3-11-13(16)14(17-2)19-12(18-11)8-9-6-4-5-7-10(9)15/h4-7H,3,8H2,1-2H3,(H,17,18,19). The quantitative estimate of drug-likeness (QED) is 0.742. The summed E-state index contributed by atoms with van der Waals surface area (Å²) in [7, 11) is 1.89. The molecule has 0 atom stereocenters. The van der Waals surface area contributed by atoms with Gasteiger partial charge in [-0.2, -0.15) is 0 Å². The van der Waals surface area contributed by atoms with E-state index in [1.165, 1.54) is 5.56 Å². The normalized spacial score (nSPS) is 10.5. The molecule has 0 spiro atoms. The Morgan fingerprint density at radius 1 is 1.26 bits per heavy atom. The molecule has 0 bridgehead atoms. The number of nitrogens with zero attached hydrogens (tertiary/aromatic N) is 2. The molecule has 19 heavy (non-hydrogen) atoms. The minimum Gasteiger partial charge on any atom is -0.372 e. The van der Waals surface area contributed by atoms with Crippen molar-refractivity contribution in [2.45, 2.75) is 19.8 Å². The molecule has 5 heteroatoms. The van der Waals surface area contributed by atoms with Crippen molar-refractivity contribution in [1.82, 2.24) is 9.97 Å². The maximum Gasteiger partial charge on any atom is 0.143 e. The zero-order valence-electron chi connectivity index (χ0n) is 10.9. The molecular weight excluding hydrogens is 417 g/mol. The van der Waals surface area contributed by atoms with Crippen molar-refractivity contribution in [3.63, 3.8) is 0 Å². The number of hydrogen-bond donors (Lipinski definition) is 1. The van der Waals surface area contributed by atoms with Gasteiger partial charge in [-0.05, 0) is 40.6 Å². The van der Waals surface area contributed by atoms with Gasteiger partial charge < -0.3 is 5.32 Å². The number of nitrogens with one attached hydrogen (secondary N) is 1. The predicted molar refractivity (Wildman–Crippen MR) is 90.6 cm³/mol. The van der Waals surface area contributed by atoms with Crippen molar-refractivity contribution in [1.29, 1.82) is 0 Å². The molecule has 0 radical (unpaired) electrons. The van der Waals surface area contributed by atoms with Gasteiger partial charge in [0.25, 0.3) is 0 Å². The largest absolute Gasteiger partial charge is 0.372 e. The minimum absolute atomic E-state index is 0.736. The van der Waals surface area contributed by atoms with Gasteiger partial charge in [-0.1, -0.05) is 41.1 Å². The smallest absolute Gasteiger partial charge is 0.143 e. The third-order valence-electron chi connectivity index (χ3n) is 2.84. The van der Waals surface area contributed by atoms with Crippen LogP contribution in [-0.2, 0) is 12.8 Å². The van der Waals surface area contributed by atoms with Gasteiger partial charge in [0, 0.05) is 17.9 Å². The van der Waals surface area contributed by atoms with Gasteiger partial charge in [-0.15, -0.1) is 0 Å². The first-order valence-electron chi connectivity index (χ1n) is 6.12. The summed E-state index contributed by atoms with van der Waals surface area (Å²) in [5, 5.41) is 3.14. The van der Waals surface area contributed by atoms with Crippen LogP contribution >= 0.6 is 38.5 Å². The molecule has 0 aliphatic carbocycles. The van der Waals surface area contributed by atoms with Crippen LogP contribution in [-0.4, -0.2) is 17.0 Å². The van der Waals surface area contributed by atoms with Gasteiger partial charge in [0.2, 0.25) is 0 Å². The summed E-state index contributed by atoms with van der Waals surface area (Å²) >= 11 is 5.87. The van der Waals surface area contributed by atoms with Crippen LogP contribution in [0.25, 0.3) is 0 Å². The lowest BCUT2D eigenvalue weighted by Gasteiger charge is -2.10. The number of hydrogen-bond acceptors (Lipinski definition) is 3. The molecule has 0 unspecified atom stereocenters. The molecule has 1 heterocycles. The van der Waals surface area contributed by atoms with E-state index >= 15 is 0 Å². The van der Waals surface area contributed by atoms with E-state index in [9.17, 15) is 0 Å². The molecular formula is C14H15BrIN3. The molecule has 0 amide bonds. The molecule has 0 aliphatic heterocycles. The Labute approximate surface area is 135 Å². The Hall–Kier alpha value is -0.690. The first-order valence-corrected chi connectivity index (χ1v) is 7.99. The molecule has 2 rings (SSSR count). The van der Waals surface area contributed by atoms with Crippen LogP contribution in [0.1, 0.15) is 24.0 Å². The van der Waals surface area contributed by atoms with E-state index in [1.807, 2.05) is 25.2 Å². The zero-order chi connectivity index (χ0) is 13.8. The summed E-state index contributed by atoms with van der Waals surface area (Å²) in [4.78, 5) is 9.24. The third-order valence-corrected chi connectivity index (χ3v) is 4.75. The zero-order valence-corrected chi connectivity index (χ0v) is 14.6. The maximum absolute atomic E-state index is 4.66. The van der Waals surface area contributed by atoms with E-state index in [1.54, 1.807) is 0 Å². The average molecular weight is 432 g/mol. The van der Waals surface area contributed by atoms with Crippen molar-refractivity contribution in [2.75, 3.05) is 12.4 Å². The molecule has 1 aromatic carbocycles. The topological polar surface area (TPSA) is 37.8 Å². The summed E-state index contributed by atoms with van der Waals surface area (Å²) in [6.45, 7) is 2.12. The fourth-order valence-electron chi connectivity index (χ4n) is 1.84. The summed E-state index contributed by atoms with van der Waals surface area (Å²) in [5.41, 5.74) is 2.30. The Bertz CT molecular complexity index is 562. The van der Waals surface area contributed by atoms with Gasteiger partial charge >= 0.3 is 0 Å². The minimum atomic E-state index is 0.736. The summed E-state index contributed by atoms with van der Waals surface area (Å²) in [6, 6.07) is 8.18. The fourth-order valence-corrected chi connectivity index (χ4v) is 3.15. The summed E-state index contributed by atoms with van der Waals surface area (Å²) in [6.07, 6.45) is 1.65. The Morgan fingerprint density at radius 3 is 2.63 bits per heavy atom. The van der Waals surface area contributed by atoms with Crippen LogP contribution in [0.15, 0.2) is 28.7 Å². The van der Waals surface area contributed by atoms with Crippen LogP contribution < -0.4 is 5.32 Å². The van der Waals surface area contributed by atoms with Crippen molar-refractivity contribution < 1.29 is 0 Å². The highest BCUT2D eigenvalue weighted by molar-refractivity contribution is 14.1. The first kappa shape index (κ1) is 14.7. The van der Waals surface area contributed by atoms with E-state index in [0.29, 0.717) is 0 Å². The third kappa shape index (κ3) is 3.45. The second-order valence-corrected chi connectivity index (χ2v) is 6.05.